The van der Waals surface area contributed by atoms with Gasteiger partial charge in [0.2, 0.25) is 0 Å². The Morgan fingerprint density at radius 3 is 2.81 bits per heavy atom. The first kappa shape index (κ1) is 10.9. The second-order valence-electron chi connectivity index (χ2n) is 3.44. The van der Waals surface area contributed by atoms with E-state index in [0.29, 0.717) is 22.5 Å². The zero-order valence-corrected chi connectivity index (χ0v) is 10.0. The van der Waals surface area contributed by atoms with Crippen LogP contribution in [0.2, 0.25) is 0 Å². The highest BCUT2D eigenvalue weighted by Gasteiger charge is 2.06. The van der Waals surface area contributed by atoms with E-state index in [-0.39, 0.29) is 0 Å². The summed E-state index contributed by atoms with van der Waals surface area (Å²) in [7, 11) is 0. The first-order valence-corrected chi connectivity index (χ1v) is 5.83. The third-order valence-electron chi connectivity index (χ3n) is 2.19. The molecule has 0 unspecified atom stereocenters. The minimum atomic E-state index is 0.522. The number of nitrogens with two attached hydrogens (primary N) is 1. The third-order valence-corrected chi connectivity index (χ3v) is 2.87. The van der Waals surface area contributed by atoms with Gasteiger partial charge >= 0.3 is 0 Å². The molecule has 0 aliphatic carbocycles. The predicted octanol–water partition coefficient (Wildman–Crippen LogP) is 2.78. The summed E-state index contributed by atoms with van der Waals surface area (Å²) in [6.45, 7) is 3.91. The fourth-order valence-electron chi connectivity index (χ4n) is 1.32. The van der Waals surface area contributed by atoms with E-state index >= 15 is 0 Å². The van der Waals surface area contributed by atoms with E-state index in [2.05, 4.69) is 16.3 Å². The van der Waals surface area contributed by atoms with Gasteiger partial charge in [-0.1, -0.05) is 13.0 Å². The molecule has 2 aromatic rings. The molecule has 0 amide bonds. The monoisotopic (exact) mass is 235 g/mol. The molecule has 0 fully saturated rings. The lowest BCUT2D eigenvalue weighted by molar-refractivity contribution is 0.480. The number of benzene rings is 1. The molecule has 0 atom stereocenters. The number of aryl methyl sites for hydroxylation is 2. The van der Waals surface area contributed by atoms with Crippen LogP contribution in [-0.4, -0.2) is 9.36 Å². The van der Waals surface area contributed by atoms with Crippen molar-refractivity contribution in [2.45, 2.75) is 20.3 Å². The Balaban J connectivity index is 2.21. The van der Waals surface area contributed by atoms with Gasteiger partial charge in [0.1, 0.15) is 5.82 Å². The average Bonchev–Trinajstić information content (AvgIpc) is 2.67. The molecule has 0 bridgehead atoms. The molecule has 0 radical (unpaired) electrons. The van der Waals surface area contributed by atoms with E-state index in [4.69, 9.17) is 10.5 Å². The van der Waals surface area contributed by atoms with Crippen LogP contribution in [-0.2, 0) is 6.42 Å². The van der Waals surface area contributed by atoms with Crippen molar-refractivity contribution in [2.24, 2.45) is 0 Å². The second kappa shape index (κ2) is 4.49. The Bertz CT molecular complexity index is 496. The van der Waals surface area contributed by atoms with Gasteiger partial charge in [0.05, 0.1) is 5.69 Å². The number of hydrogen-bond donors (Lipinski definition) is 1. The van der Waals surface area contributed by atoms with E-state index in [1.807, 2.05) is 25.1 Å². The van der Waals surface area contributed by atoms with Crippen LogP contribution in [0, 0.1) is 6.92 Å². The topological polar surface area (TPSA) is 61.0 Å². The minimum absolute atomic E-state index is 0.522. The zero-order chi connectivity index (χ0) is 11.5. The van der Waals surface area contributed by atoms with Crippen LogP contribution in [0.15, 0.2) is 18.2 Å². The SMILES string of the molecule is CCc1ccc(Oc2nc(C)ns2)c(N)c1. The Morgan fingerprint density at radius 1 is 1.44 bits per heavy atom. The summed E-state index contributed by atoms with van der Waals surface area (Å²) in [6.07, 6.45) is 0.961. The van der Waals surface area contributed by atoms with Crippen molar-refractivity contribution < 1.29 is 4.74 Å². The maximum atomic E-state index is 5.88. The van der Waals surface area contributed by atoms with Gasteiger partial charge in [-0.15, -0.1) is 0 Å². The molecule has 0 saturated carbocycles. The van der Waals surface area contributed by atoms with E-state index in [1.54, 1.807) is 0 Å². The molecular formula is C11H13N3OS. The molecule has 1 heterocycles. The molecule has 1 aromatic heterocycles. The predicted molar refractivity (Wildman–Crippen MR) is 65.0 cm³/mol. The van der Waals surface area contributed by atoms with E-state index in [9.17, 15) is 0 Å². The smallest absolute Gasteiger partial charge is 0.298 e. The minimum Gasteiger partial charge on any atom is -0.428 e. The summed E-state index contributed by atoms with van der Waals surface area (Å²) in [5, 5.41) is 0.522. The normalized spacial score (nSPS) is 10.4. The van der Waals surface area contributed by atoms with Crippen molar-refractivity contribution >= 4 is 17.2 Å². The van der Waals surface area contributed by atoms with Gasteiger partial charge in [0, 0.05) is 11.5 Å². The fraction of sp³-hybridized carbons (Fsp3) is 0.273. The van der Waals surface area contributed by atoms with Gasteiger partial charge in [-0.25, -0.2) is 0 Å². The molecule has 2 rings (SSSR count). The zero-order valence-electron chi connectivity index (χ0n) is 9.23. The van der Waals surface area contributed by atoms with Gasteiger partial charge in [0.25, 0.3) is 5.19 Å². The Morgan fingerprint density at radius 2 is 2.25 bits per heavy atom. The number of nitrogen functional groups attached to an aromatic ring is 1. The van der Waals surface area contributed by atoms with Gasteiger partial charge in [-0.2, -0.15) is 9.36 Å². The first-order valence-electron chi connectivity index (χ1n) is 5.05. The summed E-state index contributed by atoms with van der Waals surface area (Å²) in [5.74, 6) is 1.34. The summed E-state index contributed by atoms with van der Waals surface area (Å²) < 4.78 is 9.59. The summed E-state index contributed by atoms with van der Waals surface area (Å²) in [4.78, 5) is 4.12. The highest BCUT2D eigenvalue weighted by molar-refractivity contribution is 7.07. The number of nitrogens with zero attached hydrogens (tertiary/aromatic N) is 2. The van der Waals surface area contributed by atoms with E-state index in [0.717, 1.165) is 6.42 Å². The highest BCUT2D eigenvalue weighted by Crippen LogP contribution is 2.29. The van der Waals surface area contributed by atoms with Gasteiger partial charge in [0.15, 0.2) is 5.75 Å². The number of hydrogen-bond acceptors (Lipinski definition) is 5. The Hall–Kier alpha value is -1.62. The molecule has 0 aliphatic heterocycles. The average molecular weight is 235 g/mol. The largest absolute Gasteiger partial charge is 0.428 e. The van der Waals surface area contributed by atoms with Crippen LogP contribution < -0.4 is 10.5 Å². The maximum absolute atomic E-state index is 5.88. The molecule has 5 heteroatoms. The highest BCUT2D eigenvalue weighted by atomic mass is 32.1. The van der Waals surface area contributed by atoms with E-state index in [1.165, 1.54) is 17.1 Å². The Labute approximate surface area is 98.3 Å². The van der Waals surface area contributed by atoms with Crippen LogP contribution >= 0.6 is 11.5 Å². The quantitative estimate of drug-likeness (QED) is 0.831. The molecule has 0 spiro atoms. The molecule has 16 heavy (non-hydrogen) atoms. The number of aromatic nitrogens is 2. The van der Waals surface area contributed by atoms with Crippen LogP contribution in [0.4, 0.5) is 5.69 Å². The van der Waals surface area contributed by atoms with Crippen molar-refractivity contribution in [3.05, 3.63) is 29.6 Å². The summed E-state index contributed by atoms with van der Waals surface area (Å²) >= 11 is 1.22. The number of ether oxygens (including phenoxy) is 1. The standard InChI is InChI=1S/C11H13N3OS/c1-3-8-4-5-10(9(12)6-8)15-11-13-7(2)14-16-11/h4-6H,3,12H2,1-2H3. The van der Waals surface area contributed by atoms with Crippen molar-refractivity contribution in [1.82, 2.24) is 9.36 Å². The molecule has 0 aliphatic rings. The second-order valence-corrected chi connectivity index (χ2v) is 4.15. The summed E-state index contributed by atoms with van der Waals surface area (Å²) in [6, 6.07) is 5.79. The third kappa shape index (κ3) is 2.30. The van der Waals surface area contributed by atoms with Crippen molar-refractivity contribution in [1.29, 1.82) is 0 Å². The van der Waals surface area contributed by atoms with Crippen LogP contribution in [0.3, 0.4) is 0 Å². The van der Waals surface area contributed by atoms with Crippen molar-refractivity contribution in [3.8, 4) is 10.9 Å². The molecule has 4 nitrogen and oxygen atoms in total. The number of anilines is 1. The van der Waals surface area contributed by atoms with E-state index < -0.39 is 0 Å². The van der Waals surface area contributed by atoms with Gasteiger partial charge < -0.3 is 10.5 Å². The maximum Gasteiger partial charge on any atom is 0.298 e. The van der Waals surface area contributed by atoms with Gasteiger partial charge in [-0.3, -0.25) is 0 Å². The number of rotatable bonds is 3. The lowest BCUT2D eigenvalue weighted by atomic mass is 10.1. The molecule has 2 N–H and O–H groups in total. The first-order chi connectivity index (χ1) is 7.69. The van der Waals surface area contributed by atoms with Crippen LogP contribution in [0.5, 0.6) is 10.9 Å². The summed E-state index contributed by atoms with van der Waals surface area (Å²) in [5.41, 5.74) is 7.71. The van der Waals surface area contributed by atoms with Crippen LogP contribution in [0.1, 0.15) is 18.3 Å². The Kier molecular flexibility index (Phi) is 3.05. The van der Waals surface area contributed by atoms with Gasteiger partial charge in [-0.05, 0) is 31.0 Å². The lowest BCUT2D eigenvalue weighted by Crippen LogP contribution is -1.93. The van der Waals surface area contributed by atoms with Crippen molar-refractivity contribution in [2.75, 3.05) is 5.73 Å². The molecule has 0 saturated heterocycles. The fourth-order valence-corrected chi connectivity index (χ4v) is 1.88. The molecule has 84 valence electrons. The van der Waals surface area contributed by atoms with Crippen molar-refractivity contribution in [3.63, 3.8) is 0 Å². The van der Waals surface area contributed by atoms with Crippen LogP contribution in [0.25, 0.3) is 0 Å². The molecule has 1 aromatic carbocycles. The lowest BCUT2D eigenvalue weighted by Gasteiger charge is -2.06. The molecular weight excluding hydrogens is 222 g/mol.